The summed E-state index contributed by atoms with van der Waals surface area (Å²) in [6.45, 7) is 5.56. The number of carbonyl (C=O) groups excluding carboxylic acids is 1. The maximum atomic E-state index is 11.5. The molecule has 82 valence electrons. The molecule has 5 heteroatoms. The smallest absolute Gasteiger partial charge is 0.268 e. The van der Waals surface area contributed by atoms with Gasteiger partial charge in [0, 0.05) is 16.9 Å². The van der Waals surface area contributed by atoms with Crippen molar-refractivity contribution in [1.82, 2.24) is 10.5 Å². The van der Waals surface area contributed by atoms with Crippen LogP contribution in [0.5, 0.6) is 0 Å². The fraction of sp³-hybridized carbons (Fsp3) is 0.400. The largest absolute Gasteiger partial charge is 0.276 e. The van der Waals surface area contributed by atoms with Crippen LogP contribution < -0.4 is 5.48 Å². The highest BCUT2D eigenvalue weighted by molar-refractivity contribution is 9.10. The molecule has 1 aromatic rings. The molecule has 0 atom stereocenters. The maximum Gasteiger partial charge on any atom is 0.276 e. The highest BCUT2D eigenvalue weighted by atomic mass is 79.9. The molecular formula is C10H13BrN2O2. The Morgan fingerprint density at radius 3 is 2.67 bits per heavy atom. The first kappa shape index (κ1) is 12.1. The number of aromatic nitrogens is 1. The Bertz CT molecular complexity index is 361. The Labute approximate surface area is 97.1 Å². The van der Waals surface area contributed by atoms with E-state index in [0.29, 0.717) is 5.56 Å². The molecule has 0 unspecified atom stereocenters. The van der Waals surface area contributed by atoms with Gasteiger partial charge in [0.2, 0.25) is 0 Å². The van der Waals surface area contributed by atoms with Crippen LogP contribution >= 0.6 is 15.9 Å². The third-order valence-corrected chi connectivity index (χ3v) is 1.85. The number of hydroxylamine groups is 1. The van der Waals surface area contributed by atoms with Crippen molar-refractivity contribution in [3.05, 3.63) is 28.5 Å². The Hall–Kier alpha value is -0.940. The molecule has 0 aliphatic carbocycles. The van der Waals surface area contributed by atoms with Gasteiger partial charge in [0.25, 0.3) is 5.91 Å². The third-order valence-electron chi connectivity index (χ3n) is 1.42. The highest BCUT2D eigenvalue weighted by Gasteiger charge is 2.14. The minimum absolute atomic E-state index is 0.307. The van der Waals surface area contributed by atoms with Gasteiger partial charge in [-0.3, -0.25) is 14.6 Å². The van der Waals surface area contributed by atoms with Gasteiger partial charge in [-0.15, -0.1) is 0 Å². The summed E-state index contributed by atoms with van der Waals surface area (Å²) in [6, 6.07) is 1.67. The zero-order valence-corrected chi connectivity index (χ0v) is 10.5. The monoisotopic (exact) mass is 272 g/mol. The SMILES string of the molecule is CC(C)(C)ONC(=O)c1cncc(Br)c1. The van der Waals surface area contributed by atoms with Gasteiger partial charge >= 0.3 is 0 Å². The Morgan fingerprint density at radius 1 is 1.47 bits per heavy atom. The van der Waals surface area contributed by atoms with E-state index in [1.165, 1.54) is 6.20 Å². The number of nitrogens with zero attached hydrogens (tertiary/aromatic N) is 1. The van der Waals surface area contributed by atoms with Gasteiger partial charge in [0.1, 0.15) is 0 Å². The fourth-order valence-electron chi connectivity index (χ4n) is 0.794. The first-order valence-corrected chi connectivity index (χ1v) is 5.27. The first-order valence-electron chi connectivity index (χ1n) is 4.47. The molecule has 0 saturated carbocycles. The van der Waals surface area contributed by atoms with E-state index in [-0.39, 0.29) is 5.91 Å². The lowest BCUT2D eigenvalue weighted by atomic mass is 10.2. The van der Waals surface area contributed by atoms with E-state index in [1.54, 1.807) is 12.3 Å². The maximum absolute atomic E-state index is 11.5. The van der Waals surface area contributed by atoms with E-state index in [2.05, 4.69) is 26.4 Å². The van der Waals surface area contributed by atoms with Crippen molar-refractivity contribution in [3.8, 4) is 0 Å². The molecular weight excluding hydrogens is 260 g/mol. The van der Waals surface area contributed by atoms with E-state index >= 15 is 0 Å². The van der Waals surface area contributed by atoms with Gasteiger partial charge in [0.05, 0.1) is 11.2 Å². The van der Waals surface area contributed by atoms with Crippen molar-refractivity contribution in [2.45, 2.75) is 26.4 Å². The van der Waals surface area contributed by atoms with Crippen LogP contribution in [0.2, 0.25) is 0 Å². The van der Waals surface area contributed by atoms with Crippen molar-refractivity contribution in [3.63, 3.8) is 0 Å². The molecule has 1 rings (SSSR count). The van der Waals surface area contributed by atoms with Gasteiger partial charge < -0.3 is 0 Å². The van der Waals surface area contributed by atoms with Crippen molar-refractivity contribution >= 4 is 21.8 Å². The Morgan fingerprint density at radius 2 is 2.13 bits per heavy atom. The summed E-state index contributed by atoms with van der Waals surface area (Å²) in [7, 11) is 0. The third kappa shape index (κ3) is 4.40. The second kappa shape index (κ2) is 4.72. The van der Waals surface area contributed by atoms with Gasteiger partial charge in [-0.25, -0.2) is 5.48 Å². The fourth-order valence-corrected chi connectivity index (χ4v) is 1.16. The predicted molar refractivity (Wildman–Crippen MR) is 60.2 cm³/mol. The van der Waals surface area contributed by atoms with Crippen LogP contribution in [0.4, 0.5) is 0 Å². The molecule has 0 aliphatic rings. The quantitative estimate of drug-likeness (QED) is 0.841. The topological polar surface area (TPSA) is 51.2 Å². The second-order valence-corrected chi connectivity index (χ2v) is 4.95. The number of pyridine rings is 1. The minimum atomic E-state index is -0.408. The van der Waals surface area contributed by atoms with Crippen molar-refractivity contribution < 1.29 is 9.63 Å². The minimum Gasteiger partial charge on any atom is -0.268 e. The average molecular weight is 273 g/mol. The van der Waals surface area contributed by atoms with Crippen LogP contribution in [0.15, 0.2) is 22.9 Å². The van der Waals surface area contributed by atoms with Crippen LogP contribution in [0.3, 0.4) is 0 Å². The molecule has 1 N–H and O–H groups in total. The Balaban J connectivity index is 2.62. The van der Waals surface area contributed by atoms with E-state index in [1.807, 2.05) is 20.8 Å². The lowest BCUT2D eigenvalue weighted by molar-refractivity contribution is -0.0589. The standard InChI is InChI=1S/C10H13BrN2O2/c1-10(2,3)15-13-9(14)7-4-8(11)6-12-5-7/h4-6H,1-3H3,(H,13,14). The van der Waals surface area contributed by atoms with Crippen LogP contribution in [-0.4, -0.2) is 16.5 Å². The van der Waals surface area contributed by atoms with Crippen molar-refractivity contribution in [1.29, 1.82) is 0 Å². The zero-order chi connectivity index (χ0) is 11.5. The predicted octanol–water partition coefficient (Wildman–Crippen LogP) is 2.30. The zero-order valence-electron chi connectivity index (χ0n) is 8.87. The summed E-state index contributed by atoms with van der Waals surface area (Å²) < 4.78 is 0.755. The van der Waals surface area contributed by atoms with Crippen LogP contribution in [-0.2, 0) is 4.84 Å². The number of carbonyl (C=O) groups is 1. The van der Waals surface area contributed by atoms with E-state index in [0.717, 1.165) is 4.47 Å². The molecule has 0 aliphatic heterocycles. The summed E-state index contributed by atoms with van der Waals surface area (Å²) in [4.78, 5) is 20.6. The summed E-state index contributed by atoms with van der Waals surface area (Å²) >= 11 is 3.24. The molecule has 0 bridgehead atoms. The molecule has 0 fully saturated rings. The number of hydrogen-bond donors (Lipinski definition) is 1. The lowest BCUT2D eigenvalue weighted by Gasteiger charge is -2.18. The number of hydrogen-bond acceptors (Lipinski definition) is 3. The molecule has 1 heterocycles. The van der Waals surface area contributed by atoms with Gasteiger partial charge in [0.15, 0.2) is 0 Å². The molecule has 1 aromatic heterocycles. The van der Waals surface area contributed by atoms with Crippen LogP contribution in [0.1, 0.15) is 31.1 Å². The van der Waals surface area contributed by atoms with E-state index in [9.17, 15) is 4.79 Å². The van der Waals surface area contributed by atoms with E-state index in [4.69, 9.17) is 4.84 Å². The molecule has 0 radical (unpaired) electrons. The molecule has 15 heavy (non-hydrogen) atoms. The Kier molecular flexibility index (Phi) is 3.82. The molecule has 1 amide bonds. The average Bonchev–Trinajstić information content (AvgIpc) is 2.13. The van der Waals surface area contributed by atoms with Gasteiger partial charge in [-0.2, -0.15) is 0 Å². The van der Waals surface area contributed by atoms with Gasteiger partial charge in [-0.1, -0.05) is 0 Å². The van der Waals surface area contributed by atoms with E-state index < -0.39 is 5.60 Å². The second-order valence-electron chi connectivity index (χ2n) is 4.04. The summed E-state index contributed by atoms with van der Waals surface area (Å²) in [5, 5.41) is 0. The lowest BCUT2D eigenvalue weighted by Crippen LogP contribution is -2.33. The number of amides is 1. The van der Waals surface area contributed by atoms with Crippen LogP contribution in [0, 0.1) is 0 Å². The summed E-state index contributed by atoms with van der Waals surface area (Å²) in [5.41, 5.74) is 2.41. The number of nitrogens with one attached hydrogen (secondary N) is 1. The summed E-state index contributed by atoms with van der Waals surface area (Å²) in [5.74, 6) is -0.307. The molecule has 0 spiro atoms. The van der Waals surface area contributed by atoms with Gasteiger partial charge in [-0.05, 0) is 42.8 Å². The van der Waals surface area contributed by atoms with Crippen LogP contribution in [0.25, 0.3) is 0 Å². The first-order chi connectivity index (χ1) is 6.88. The normalized spacial score (nSPS) is 11.2. The molecule has 4 nitrogen and oxygen atoms in total. The highest BCUT2D eigenvalue weighted by Crippen LogP contribution is 2.10. The summed E-state index contributed by atoms with van der Waals surface area (Å²) in [6.07, 6.45) is 3.09. The molecule has 0 aromatic carbocycles. The van der Waals surface area contributed by atoms with Crippen molar-refractivity contribution in [2.24, 2.45) is 0 Å². The van der Waals surface area contributed by atoms with Crippen molar-refractivity contribution in [2.75, 3.05) is 0 Å². The molecule has 0 saturated heterocycles. The number of rotatable bonds is 2. The number of halogens is 1.